The van der Waals surface area contributed by atoms with Crippen molar-refractivity contribution in [3.63, 3.8) is 0 Å². The molecule has 1 N–H and O–H groups in total. The molecule has 0 radical (unpaired) electrons. The molecule has 0 unspecified atom stereocenters. The fourth-order valence-electron chi connectivity index (χ4n) is 1.50. The fourth-order valence-corrected chi connectivity index (χ4v) is 2.49. The Balaban J connectivity index is 1.85. The second-order valence-electron chi connectivity index (χ2n) is 5.34. The first-order chi connectivity index (χ1) is 8.45. The summed E-state index contributed by atoms with van der Waals surface area (Å²) in [5.41, 5.74) is 1.27. The minimum atomic E-state index is 0.119. The van der Waals surface area contributed by atoms with Gasteiger partial charge in [0.1, 0.15) is 10.8 Å². The molecule has 0 spiro atoms. The van der Waals surface area contributed by atoms with E-state index in [1.807, 2.05) is 6.92 Å². The molecule has 0 amide bonds. The maximum Gasteiger partial charge on any atom is 0.208 e. The van der Waals surface area contributed by atoms with Crippen molar-refractivity contribution < 1.29 is 4.42 Å². The second-order valence-corrected chi connectivity index (χ2v) is 6.29. The minimum Gasteiger partial charge on any atom is -0.445 e. The zero-order valence-electron chi connectivity index (χ0n) is 11.3. The van der Waals surface area contributed by atoms with Gasteiger partial charge in [0.15, 0.2) is 0 Å². The zero-order chi connectivity index (χ0) is 13.2. The van der Waals surface area contributed by atoms with Crippen LogP contribution in [0, 0.1) is 6.92 Å². The third-order valence-corrected chi connectivity index (χ3v) is 3.39. The molecule has 0 saturated heterocycles. The van der Waals surface area contributed by atoms with E-state index in [1.54, 1.807) is 17.5 Å². The number of aromatic nitrogens is 2. The Hall–Kier alpha value is -1.20. The number of hydrogen-bond acceptors (Lipinski definition) is 5. The minimum absolute atomic E-state index is 0.119. The number of rotatable bonds is 4. The molecular weight excluding hydrogens is 246 g/mol. The Morgan fingerprint density at radius 1 is 1.33 bits per heavy atom. The van der Waals surface area contributed by atoms with Crippen LogP contribution in [-0.4, -0.2) is 9.97 Å². The summed E-state index contributed by atoms with van der Waals surface area (Å²) in [6.45, 7) is 9.81. The monoisotopic (exact) mass is 265 g/mol. The van der Waals surface area contributed by atoms with Crippen molar-refractivity contribution in [2.45, 2.75) is 46.2 Å². The highest BCUT2D eigenvalue weighted by Crippen LogP contribution is 2.23. The maximum absolute atomic E-state index is 5.39. The average molecular weight is 265 g/mol. The molecule has 0 aliphatic carbocycles. The summed E-state index contributed by atoms with van der Waals surface area (Å²) in [7, 11) is 0. The molecule has 2 aromatic rings. The van der Waals surface area contributed by atoms with E-state index < -0.39 is 0 Å². The molecule has 0 atom stereocenters. The van der Waals surface area contributed by atoms with Crippen molar-refractivity contribution in [2.75, 3.05) is 0 Å². The van der Waals surface area contributed by atoms with Crippen LogP contribution in [0.1, 0.15) is 43.1 Å². The van der Waals surface area contributed by atoms with Crippen molar-refractivity contribution in [1.29, 1.82) is 0 Å². The van der Waals surface area contributed by atoms with E-state index in [4.69, 9.17) is 4.42 Å². The SMILES string of the molecule is Cc1cnc(CNCc2nc(C(C)(C)C)cs2)o1. The molecule has 0 bridgehead atoms. The van der Waals surface area contributed by atoms with Crippen molar-refractivity contribution in [3.8, 4) is 0 Å². The quantitative estimate of drug-likeness (QED) is 0.923. The summed E-state index contributed by atoms with van der Waals surface area (Å²) in [5, 5.41) is 6.52. The van der Waals surface area contributed by atoms with Gasteiger partial charge in [-0.1, -0.05) is 20.8 Å². The highest BCUT2D eigenvalue weighted by Gasteiger charge is 2.17. The van der Waals surface area contributed by atoms with E-state index in [2.05, 4.69) is 41.4 Å². The molecule has 2 rings (SSSR count). The largest absolute Gasteiger partial charge is 0.445 e. The average Bonchev–Trinajstić information content (AvgIpc) is 2.87. The predicted molar refractivity (Wildman–Crippen MR) is 72.6 cm³/mol. The normalized spacial score (nSPS) is 12.0. The van der Waals surface area contributed by atoms with Gasteiger partial charge in [0.25, 0.3) is 0 Å². The summed E-state index contributed by atoms with van der Waals surface area (Å²) in [5.74, 6) is 1.57. The Morgan fingerprint density at radius 3 is 2.67 bits per heavy atom. The summed E-state index contributed by atoms with van der Waals surface area (Å²) in [6.07, 6.45) is 1.73. The molecule has 2 aromatic heterocycles. The van der Waals surface area contributed by atoms with Gasteiger partial charge >= 0.3 is 0 Å². The first-order valence-electron chi connectivity index (χ1n) is 6.02. The van der Waals surface area contributed by atoms with Crippen LogP contribution in [0.3, 0.4) is 0 Å². The summed E-state index contributed by atoms with van der Waals surface area (Å²) < 4.78 is 5.39. The molecule has 0 aliphatic heterocycles. The van der Waals surface area contributed by atoms with Gasteiger partial charge in [-0.15, -0.1) is 11.3 Å². The van der Waals surface area contributed by atoms with Crippen LogP contribution in [0.4, 0.5) is 0 Å². The van der Waals surface area contributed by atoms with Gasteiger partial charge in [-0.3, -0.25) is 0 Å². The topological polar surface area (TPSA) is 51.0 Å². The molecule has 0 saturated carbocycles. The number of thiazole rings is 1. The van der Waals surface area contributed by atoms with E-state index in [1.165, 1.54) is 0 Å². The molecule has 0 aliphatic rings. The summed E-state index contributed by atoms with van der Waals surface area (Å²) >= 11 is 1.69. The van der Waals surface area contributed by atoms with Crippen molar-refractivity contribution >= 4 is 11.3 Å². The van der Waals surface area contributed by atoms with Gasteiger partial charge in [0.2, 0.25) is 5.89 Å². The molecule has 4 nitrogen and oxygen atoms in total. The Labute approximate surface area is 111 Å². The molecule has 98 valence electrons. The first kappa shape index (κ1) is 13.2. The van der Waals surface area contributed by atoms with E-state index >= 15 is 0 Å². The van der Waals surface area contributed by atoms with E-state index in [0.29, 0.717) is 6.54 Å². The number of aryl methyl sites for hydroxylation is 1. The highest BCUT2D eigenvalue weighted by atomic mass is 32.1. The fraction of sp³-hybridized carbons (Fsp3) is 0.538. The van der Waals surface area contributed by atoms with E-state index in [9.17, 15) is 0 Å². The predicted octanol–water partition coefficient (Wildman–Crippen LogP) is 3.03. The Morgan fingerprint density at radius 2 is 2.11 bits per heavy atom. The standard InChI is InChI=1S/C13H19N3OS/c1-9-5-15-11(17-9)6-14-7-12-16-10(8-18-12)13(2,3)4/h5,8,14H,6-7H2,1-4H3. The van der Waals surface area contributed by atoms with Crippen LogP contribution in [0.5, 0.6) is 0 Å². The molecule has 0 fully saturated rings. The smallest absolute Gasteiger partial charge is 0.208 e. The van der Waals surface area contributed by atoms with Crippen LogP contribution in [0.25, 0.3) is 0 Å². The molecule has 18 heavy (non-hydrogen) atoms. The van der Waals surface area contributed by atoms with Gasteiger partial charge in [-0.25, -0.2) is 9.97 Å². The van der Waals surface area contributed by atoms with Crippen LogP contribution >= 0.6 is 11.3 Å². The number of nitrogens with zero attached hydrogens (tertiary/aromatic N) is 2. The molecule has 5 heteroatoms. The van der Waals surface area contributed by atoms with E-state index in [0.717, 1.165) is 28.9 Å². The lowest BCUT2D eigenvalue weighted by atomic mass is 9.93. The summed E-state index contributed by atoms with van der Waals surface area (Å²) in [6, 6.07) is 0. The lowest BCUT2D eigenvalue weighted by Crippen LogP contribution is -2.14. The van der Waals surface area contributed by atoms with Gasteiger partial charge in [-0.2, -0.15) is 0 Å². The first-order valence-corrected chi connectivity index (χ1v) is 6.90. The van der Waals surface area contributed by atoms with Gasteiger partial charge < -0.3 is 9.73 Å². The Bertz CT molecular complexity index is 510. The van der Waals surface area contributed by atoms with E-state index in [-0.39, 0.29) is 5.41 Å². The molecule has 2 heterocycles. The summed E-state index contributed by atoms with van der Waals surface area (Å²) in [4.78, 5) is 8.77. The highest BCUT2D eigenvalue weighted by molar-refractivity contribution is 7.09. The lowest BCUT2D eigenvalue weighted by Gasteiger charge is -2.14. The maximum atomic E-state index is 5.39. The number of oxazole rings is 1. The lowest BCUT2D eigenvalue weighted by molar-refractivity contribution is 0.448. The van der Waals surface area contributed by atoms with Crippen LogP contribution in [0.15, 0.2) is 16.0 Å². The second kappa shape index (κ2) is 5.20. The van der Waals surface area contributed by atoms with Gasteiger partial charge in [-0.05, 0) is 6.92 Å². The molecule has 0 aromatic carbocycles. The van der Waals surface area contributed by atoms with Crippen LogP contribution in [-0.2, 0) is 18.5 Å². The third-order valence-electron chi connectivity index (χ3n) is 2.54. The number of hydrogen-bond donors (Lipinski definition) is 1. The van der Waals surface area contributed by atoms with Crippen molar-refractivity contribution in [3.05, 3.63) is 33.9 Å². The van der Waals surface area contributed by atoms with Crippen LogP contribution < -0.4 is 5.32 Å². The third kappa shape index (κ3) is 3.40. The van der Waals surface area contributed by atoms with Crippen molar-refractivity contribution in [1.82, 2.24) is 15.3 Å². The zero-order valence-corrected chi connectivity index (χ0v) is 12.1. The van der Waals surface area contributed by atoms with Gasteiger partial charge in [0, 0.05) is 17.3 Å². The number of nitrogens with one attached hydrogen (secondary N) is 1. The Kier molecular flexibility index (Phi) is 3.82. The van der Waals surface area contributed by atoms with Gasteiger partial charge in [0.05, 0.1) is 18.4 Å². The molecular formula is C13H19N3OS. The van der Waals surface area contributed by atoms with Crippen LogP contribution in [0.2, 0.25) is 0 Å². The van der Waals surface area contributed by atoms with Crippen molar-refractivity contribution in [2.24, 2.45) is 0 Å².